The van der Waals surface area contributed by atoms with Gasteiger partial charge in [0.05, 0.1) is 0 Å². The van der Waals surface area contributed by atoms with Crippen molar-refractivity contribution in [2.24, 2.45) is 5.92 Å². The van der Waals surface area contributed by atoms with Crippen LogP contribution in [-0.4, -0.2) is 34.6 Å². The largest absolute Gasteiger partial charge is 0.313 e. The molecule has 0 radical (unpaired) electrons. The summed E-state index contributed by atoms with van der Waals surface area (Å²) in [7, 11) is 0. The molecule has 3 heteroatoms. The number of hydrogen-bond acceptors (Lipinski definition) is 3. The van der Waals surface area contributed by atoms with Crippen LogP contribution in [0.2, 0.25) is 0 Å². The van der Waals surface area contributed by atoms with E-state index in [9.17, 15) is 0 Å². The van der Waals surface area contributed by atoms with E-state index in [-0.39, 0.29) is 0 Å². The van der Waals surface area contributed by atoms with Crippen LogP contribution in [0.5, 0.6) is 0 Å². The quantitative estimate of drug-likeness (QED) is 0.784. The molecule has 0 aliphatic carbocycles. The summed E-state index contributed by atoms with van der Waals surface area (Å²) in [5.74, 6) is 3.51. The van der Waals surface area contributed by atoms with Crippen molar-refractivity contribution in [3.63, 3.8) is 0 Å². The van der Waals surface area contributed by atoms with Crippen LogP contribution in [0.15, 0.2) is 0 Å². The van der Waals surface area contributed by atoms with E-state index in [2.05, 4.69) is 56.5 Å². The van der Waals surface area contributed by atoms with Gasteiger partial charge in [-0.2, -0.15) is 23.5 Å². The lowest BCUT2D eigenvalue weighted by Gasteiger charge is -2.35. The third kappa shape index (κ3) is 4.89. The Bertz CT molecular complexity index is 185. The van der Waals surface area contributed by atoms with E-state index in [0.29, 0.717) is 0 Å². The molecule has 1 aliphatic rings. The molecule has 0 bridgehead atoms. The van der Waals surface area contributed by atoms with Gasteiger partial charge < -0.3 is 5.32 Å². The van der Waals surface area contributed by atoms with Crippen LogP contribution in [0.1, 0.15) is 40.5 Å². The maximum absolute atomic E-state index is 3.70. The van der Waals surface area contributed by atoms with E-state index in [1.165, 1.54) is 24.3 Å². The predicted molar refractivity (Wildman–Crippen MR) is 79.7 cm³/mol. The summed E-state index contributed by atoms with van der Waals surface area (Å²) in [4.78, 5) is 0. The first-order valence-corrected chi connectivity index (χ1v) is 8.71. The molecule has 1 heterocycles. The second-order valence-corrected chi connectivity index (χ2v) is 7.82. The Morgan fingerprint density at radius 2 is 1.88 bits per heavy atom. The number of thioether (sulfide) groups is 2. The van der Waals surface area contributed by atoms with E-state index >= 15 is 0 Å². The van der Waals surface area contributed by atoms with Gasteiger partial charge in [0.2, 0.25) is 0 Å². The lowest BCUT2D eigenvalue weighted by Crippen LogP contribution is -2.44. The third-order valence-electron chi connectivity index (χ3n) is 3.15. The van der Waals surface area contributed by atoms with Gasteiger partial charge in [0.15, 0.2) is 0 Å². The third-order valence-corrected chi connectivity index (χ3v) is 6.41. The fourth-order valence-electron chi connectivity index (χ4n) is 2.25. The Labute approximate surface area is 110 Å². The molecule has 16 heavy (non-hydrogen) atoms. The second-order valence-electron chi connectivity index (χ2n) is 5.05. The highest BCUT2D eigenvalue weighted by atomic mass is 32.2. The summed E-state index contributed by atoms with van der Waals surface area (Å²) >= 11 is 4.34. The normalized spacial score (nSPS) is 28.3. The van der Waals surface area contributed by atoms with Gasteiger partial charge in [-0.3, -0.25) is 0 Å². The van der Waals surface area contributed by atoms with Crippen LogP contribution in [0.3, 0.4) is 0 Å². The van der Waals surface area contributed by atoms with Crippen molar-refractivity contribution in [2.45, 2.75) is 57.1 Å². The molecule has 1 rings (SSSR count). The Balaban J connectivity index is 2.46. The zero-order valence-electron chi connectivity index (χ0n) is 11.2. The first-order valence-electron chi connectivity index (χ1n) is 6.61. The first kappa shape index (κ1) is 14.7. The van der Waals surface area contributed by atoms with Crippen molar-refractivity contribution >= 4 is 23.5 Å². The molecule has 0 spiro atoms. The van der Waals surface area contributed by atoms with Gasteiger partial charge >= 0.3 is 0 Å². The van der Waals surface area contributed by atoms with Crippen molar-refractivity contribution in [3.8, 4) is 0 Å². The van der Waals surface area contributed by atoms with E-state index in [1.807, 2.05) is 0 Å². The highest BCUT2D eigenvalue weighted by Crippen LogP contribution is 2.34. The highest BCUT2D eigenvalue weighted by Gasteiger charge is 2.29. The van der Waals surface area contributed by atoms with E-state index < -0.39 is 0 Å². The monoisotopic (exact) mass is 261 g/mol. The predicted octanol–water partition coefficient (Wildman–Crippen LogP) is 3.64. The van der Waals surface area contributed by atoms with Crippen LogP contribution >= 0.6 is 23.5 Å². The minimum atomic E-state index is 0.722. The minimum absolute atomic E-state index is 0.722. The van der Waals surface area contributed by atoms with Crippen LogP contribution in [0.25, 0.3) is 0 Å². The van der Waals surface area contributed by atoms with Gasteiger partial charge in [-0.25, -0.2) is 0 Å². The molecule has 3 unspecified atom stereocenters. The average molecular weight is 262 g/mol. The lowest BCUT2D eigenvalue weighted by molar-refractivity contribution is 0.424. The Morgan fingerprint density at radius 3 is 2.44 bits per heavy atom. The van der Waals surface area contributed by atoms with Crippen molar-refractivity contribution < 1.29 is 0 Å². The highest BCUT2D eigenvalue weighted by molar-refractivity contribution is 8.07. The molecule has 1 N–H and O–H groups in total. The molecule has 1 aliphatic heterocycles. The molecule has 3 atom stereocenters. The summed E-state index contributed by atoms with van der Waals surface area (Å²) < 4.78 is 0. The second kappa shape index (κ2) is 7.88. The number of nitrogens with one attached hydrogen (secondary N) is 1. The van der Waals surface area contributed by atoms with Crippen molar-refractivity contribution in [1.82, 2.24) is 5.32 Å². The average Bonchev–Trinajstić information content (AvgIpc) is 2.25. The summed E-state index contributed by atoms with van der Waals surface area (Å²) in [6, 6.07) is 0.722. The smallest absolute Gasteiger partial charge is 0.0317 e. The molecule has 0 saturated carbocycles. The van der Waals surface area contributed by atoms with E-state index in [0.717, 1.165) is 29.0 Å². The molecule has 0 aromatic heterocycles. The Kier molecular flexibility index (Phi) is 7.25. The molecule has 0 amide bonds. The molecule has 1 nitrogen and oxygen atoms in total. The van der Waals surface area contributed by atoms with Gasteiger partial charge in [0.25, 0.3) is 0 Å². The standard InChI is InChI=1S/C13H27NS2/c1-5-14-12(7-6-10(2)3)13-11(4)15-8-9-16-13/h10-14H,5-9H2,1-4H3. The Hall–Kier alpha value is 0.660. The van der Waals surface area contributed by atoms with Crippen LogP contribution in [0, 0.1) is 5.92 Å². The zero-order valence-corrected chi connectivity index (χ0v) is 12.8. The maximum atomic E-state index is 3.70. The molecule has 0 aromatic rings. The van der Waals surface area contributed by atoms with Gasteiger partial charge in [-0.15, -0.1) is 0 Å². The zero-order chi connectivity index (χ0) is 12.0. The fourth-order valence-corrected chi connectivity index (χ4v) is 5.25. The molecular formula is C13H27NS2. The van der Waals surface area contributed by atoms with E-state index in [4.69, 9.17) is 0 Å². The van der Waals surface area contributed by atoms with Crippen LogP contribution in [0.4, 0.5) is 0 Å². The van der Waals surface area contributed by atoms with Crippen molar-refractivity contribution in [1.29, 1.82) is 0 Å². The molecular weight excluding hydrogens is 234 g/mol. The fraction of sp³-hybridized carbons (Fsp3) is 1.00. The maximum Gasteiger partial charge on any atom is 0.0317 e. The summed E-state index contributed by atoms with van der Waals surface area (Å²) in [6.07, 6.45) is 2.69. The van der Waals surface area contributed by atoms with Gasteiger partial charge in [-0.05, 0) is 25.3 Å². The minimum Gasteiger partial charge on any atom is -0.313 e. The molecule has 1 fully saturated rings. The van der Waals surface area contributed by atoms with Gasteiger partial charge in [0.1, 0.15) is 0 Å². The van der Waals surface area contributed by atoms with Crippen molar-refractivity contribution in [3.05, 3.63) is 0 Å². The van der Waals surface area contributed by atoms with Crippen LogP contribution in [-0.2, 0) is 0 Å². The first-order chi connectivity index (χ1) is 7.65. The van der Waals surface area contributed by atoms with Gasteiger partial charge in [-0.1, -0.05) is 27.7 Å². The van der Waals surface area contributed by atoms with Crippen LogP contribution < -0.4 is 5.32 Å². The Morgan fingerprint density at radius 1 is 1.19 bits per heavy atom. The SMILES string of the molecule is CCNC(CCC(C)C)C1SCCSC1C. The molecule has 96 valence electrons. The molecule has 1 saturated heterocycles. The lowest BCUT2D eigenvalue weighted by atomic mass is 9.99. The summed E-state index contributed by atoms with van der Waals surface area (Å²) in [5.41, 5.74) is 0. The summed E-state index contributed by atoms with van der Waals surface area (Å²) in [6.45, 7) is 10.4. The summed E-state index contributed by atoms with van der Waals surface area (Å²) in [5, 5.41) is 5.34. The van der Waals surface area contributed by atoms with E-state index in [1.54, 1.807) is 0 Å². The number of rotatable bonds is 6. The van der Waals surface area contributed by atoms with Gasteiger partial charge in [0, 0.05) is 28.0 Å². The molecule has 0 aromatic carbocycles. The van der Waals surface area contributed by atoms with Crippen molar-refractivity contribution in [2.75, 3.05) is 18.1 Å². The number of hydrogen-bond donors (Lipinski definition) is 1. The topological polar surface area (TPSA) is 12.0 Å².